The summed E-state index contributed by atoms with van der Waals surface area (Å²) in [5.74, 6) is 0.915. The van der Waals surface area contributed by atoms with Crippen molar-refractivity contribution in [3.05, 3.63) is 42.0 Å². The van der Waals surface area contributed by atoms with Crippen molar-refractivity contribution in [3.8, 4) is 5.75 Å². The second-order valence-corrected chi connectivity index (χ2v) is 3.57. The molecule has 82 valence electrons. The molecule has 0 spiro atoms. The molecule has 0 fully saturated rings. The Balaban J connectivity index is 2.82. The Labute approximate surface area is 92.0 Å². The Morgan fingerprint density at radius 2 is 2.00 bits per heavy atom. The lowest BCUT2D eigenvalue weighted by Crippen LogP contribution is -2.16. The molecule has 0 aliphatic carbocycles. The molecule has 1 aromatic rings. The van der Waals surface area contributed by atoms with Crippen LogP contribution in [0.2, 0.25) is 0 Å². The second-order valence-electron chi connectivity index (χ2n) is 3.57. The molecule has 15 heavy (non-hydrogen) atoms. The molecule has 2 heteroatoms. The van der Waals surface area contributed by atoms with Crippen LogP contribution in [-0.4, -0.2) is 13.7 Å². The molecule has 1 aromatic carbocycles. The van der Waals surface area contributed by atoms with Gasteiger partial charge in [-0.25, -0.2) is 0 Å². The first-order valence-corrected chi connectivity index (χ1v) is 5.24. The van der Waals surface area contributed by atoms with Gasteiger partial charge < -0.3 is 10.1 Å². The fourth-order valence-electron chi connectivity index (χ4n) is 1.62. The lowest BCUT2D eigenvalue weighted by molar-refractivity contribution is 0.340. The summed E-state index contributed by atoms with van der Waals surface area (Å²) < 4.78 is 5.39. The third-order valence-corrected chi connectivity index (χ3v) is 2.31. The molecule has 0 heterocycles. The maximum absolute atomic E-state index is 5.39. The minimum Gasteiger partial charge on any atom is -0.494 e. The Hall–Kier alpha value is -1.28. The van der Waals surface area contributed by atoms with Crippen molar-refractivity contribution < 1.29 is 4.74 Å². The van der Waals surface area contributed by atoms with Crippen molar-refractivity contribution in [2.24, 2.45) is 0 Å². The number of nitrogens with one attached hydrogen (secondary N) is 1. The molecule has 0 saturated heterocycles. The summed E-state index contributed by atoms with van der Waals surface area (Å²) in [5, 5.41) is 3.23. The molecule has 1 N–H and O–H groups in total. The van der Waals surface area contributed by atoms with Crippen LogP contribution in [0.25, 0.3) is 0 Å². The minimum atomic E-state index is 0.223. The average Bonchev–Trinajstić information content (AvgIpc) is 2.21. The molecule has 0 bridgehead atoms. The fraction of sp³-hybridized carbons (Fsp3) is 0.385. The van der Waals surface area contributed by atoms with Crippen molar-refractivity contribution in [3.63, 3.8) is 0 Å². The van der Waals surface area contributed by atoms with E-state index in [0.29, 0.717) is 6.61 Å². The molecule has 2 nitrogen and oxygen atoms in total. The summed E-state index contributed by atoms with van der Waals surface area (Å²) >= 11 is 0. The van der Waals surface area contributed by atoms with Crippen LogP contribution < -0.4 is 10.1 Å². The van der Waals surface area contributed by atoms with Crippen LogP contribution in [0, 0.1) is 0 Å². The van der Waals surface area contributed by atoms with E-state index in [-0.39, 0.29) is 6.04 Å². The average molecular weight is 205 g/mol. The summed E-state index contributed by atoms with van der Waals surface area (Å²) in [6, 6.07) is 8.35. The monoisotopic (exact) mass is 205 g/mol. The van der Waals surface area contributed by atoms with E-state index < -0.39 is 0 Å². The van der Waals surface area contributed by atoms with Gasteiger partial charge in [-0.2, -0.15) is 0 Å². The van der Waals surface area contributed by atoms with E-state index in [9.17, 15) is 0 Å². The van der Waals surface area contributed by atoms with Gasteiger partial charge in [-0.05, 0) is 38.6 Å². The topological polar surface area (TPSA) is 21.3 Å². The molecule has 0 aliphatic heterocycles. The Morgan fingerprint density at radius 1 is 1.40 bits per heavy atom. The highest BCUT2D eigenvalue weighted by Gasteiger charge is 2.08. The van der Waals surface area contributed by atoms with Crippen molar-refractivity contribution in [1.29, 1.82) is 0 Å². The quantitative estimate of drug-likeness (QED) is 0.746. The Bertz CT molecular complexity index is 316. The SMILES string of the molecule is C=C(C)C(NC)c1ccc(OCC)cc1. The zero-order valence-electron chi connectivity index (χ0n) is 9.71. The van der Waals surface area contributed by atoms with E-state index >= 15 is 0 Å². The molecule has 0 aliphatic rings. The van der Waals surface area contributed by atoms with Gasteiger partial charge in [-0.1, -0.05) is 24.3 Å². The second kappa shape index (κ2) is 5.56. The van der Waals surface area contributed by atoms with Gasteiger partial charge in [-0.3, -0.25) is 0 Å². The summed E-state index contributed by atoms with van der Waals surface area (Å²) in [4.78, 5) is 0. The van der Waals surface area contributed by atoms with Crippen LogP contribution in [0.3, 0.4) is 0 Å². The summed E-state index contributed by atoms with van der Waals surface area (Å²) in [5.41, 5.74) is 2.33. The maximum Gasteiger partial charge on any atom is 0.119 e. The number of hydrogen-bond acceptors (Lipinski definition) is 2. The first kappa shape index (κ1) is 11.8. The van der Waals surface area contributed by atoms with Crippen LogP contribution in [-0.2, 0) is 0 Å². The lowest BCUT2D eigenvalue weighted by Gasteiger charge is -2.16. The van der Waals surface area contributed by atoms with Gasteiger partial charge in [0.1, 0.15) is 5.75 Å². The van der Waals surface area contributed by atoms with Gasteiger partial charge >= 0.3 is 0 Å². The highest BCUT2D eigenvalue weighted by atomic mass is 16.5. The first-order valence-electron chi connectivity index (χ1n) is 5.24. The van der Waals surface area contributed by atoms with Gasteiger partial charge in [0.15, 0.2) is 0 Å². The normalized spacial score (nSPS) is 12.2. The lowest BCUT2D eigenvalue weighted by atomic mass is 10.0. The largest absolute Gasteiger partial charge is 0.494 e. The molecule has 0 saturated carbocycles. The van der Waals surface area contributed by atoms with Crippen molar-refractivity contribution in [1.82, 2.24) is 5.32 Å². The Morgan fingerprint density at radius 3 is 2.40 bits per heavy atom. The van der Waals surface area contributed by atoms with Crippen LogP contribution in [0.1, 0.15) is 25.5 Å². The molecular formula is C13H19NO. The molecular weight excluding hydrogens is 186 g/mol. The number of benzene rings is 1. The van der Waals surface area contributed by atoms with E-state index in [2.05, 4.69) is 24.0 Å². The van der Waals surface area contributed by atoms with E-state index in [1.807, 2.05) is 33.0 Å². The van der Waals surface area contributed by atoms with Gasteiger partial charge in [0.25, 0.3) is 0 Å². The number of ether oxygens (including phenoxy) is 1. The van der Waals surface area contributed by atoms with Crippen LogP contribution in [0.4, 0.5) is 0 Å². The van der Waals surface area contributed by atoms with Crippen molar-refractivity contribution >= 4 is 0 Å². The third kappa shape index (κ3) is 3.10. The van der Waals surface area contributed by atoms with Crippen LogP contribution >= 0.6 is 0 Å². The minimum absolute atomic E-state index is 0.223. The van der Waals surface area contributed by atoms with E-state index in [1.165, 1.54) is 5.56 Å². The van der Waals surface area contributed by atoms with Gasteiger partial charge in [-0.15, -0.1) is 0 Å². The summed E-state index contributed by atoms with van der Waals surface area (Å²) in [6.07, 6.45) is 0. The summed E-state index contributed by atoms with van der Waals surface area (Å²) in [6.45, 7) is 8.68. The smallest absolute Gasteiger partial charge is 0.119 e. The van der Waals surface area contributed by atoms with Gasteiger partial charge in [0.05, 0.1) is 12.6 Å². The van der Waals surface area contributed by atoms with Crippen LogP contribution in [0.5, 0.6) is 5.75 Å². The van der Waals surface area contributed by atoms with Crippen molar-refractivity contribution in [2.75, 3.05) is 13.7 Å². The Kier molecular flexibility index (Phi) is 4.37. The van der Waals surface area contributed by atoms with Crippen LogP contribution in [0.15, 0.2) is 36.4 Å². The predicted molar refractivity (Wildman–Crippen MR) is 64.2 cm³/mol. The number of likely N-dealkylation sites (N-methyl/N-ethyl adjacent to an activating group) is 1. The fourth-order valence-corrected chi connectivity index (χ4v) is 1.62. The zero-order chi connectivity index (χ0) is 11.3. The third-order valence-electron chi connectivity index (χ3n) is 2.31. The first-order chi connectivity index (χ1) is 7.19. The van der Waals surface area contributed by atoms with Gasteiger partial charge in [0, 0.05) is 0 Å². The van der Waals surface area contributed by atoms with E-state index in [1.54, 1.807) is 0 Å². The van der Waals surface area contributed by atoms with Crippen molar-refractivity contribution in [2.45, 2.75) is 19.9 Å². The number of hydrogen-bond donors (Lipinski definition) is 1. The molecule has 0 amide bonds. The highest BCUT2D eigenvalue weighted by Crippen LogP contribution is 2.22. The molecule has 1 atom stereocenters. The van der Waals surface area contributed by atoms with E-state index in [0.717, 1.165) is 11.3 Å². The molecule has 1 unspecified atom stereocenters. The molecule has 0 aromatic heterocycles. The highest BCUT2D eigenvalue weighted by molar-refractivity contribution is 5.32. The maximum atomic E-state index is 5.39. The standard InChI is InChI=1S/C13H19NO/c1-5-15-12-8-6-11(7-9-12)13(14-4)10(2)3/h6-9,13-14H,2,5H2,1,3-4H3. The predicted octanol–water partition coefficient (Wildman–Crippen LogP) is 2.92. The molecule has 1 rings (SSSR count). The number of rotatable bonds is 5. The van der Waals surface area contributed by atoms with Gasteiger partial charge in [0.2, 0.25) is 0 Å². The van der Waals surface area contributed by atoms with E-state index in [4.69, 9.17) is 4.74 Å². The zero-order valence-corrected chi connectivity index (χ0v) is 9.71. The molecule has 0 radical (unpaired) electrons. The summed E-state index contributed by atoms with van der Waals surface area (Å²) in [7, 11) is 1.94.